The molecule has 0 aliphatic carbocycles. The summed E-state index contributed by atoms with van der Waals surface area (Å²) in [5.41, 5.74) is 4.76. The third kappa shape index (κ3) is 3.65. The van der Waals surface area contributed by atoms with Gasteiger partial charge in [-0.3, -0.25) is 0 Å². The Bertz CT molecular complexity index is 565. The first-order valence-corrected chi connectivity index (χ1v) is 6.90. The van der Waals surface area contributed by atoms with E-state index in [1.165, 1.54) is 16.7 Å². The summed E-state index contributed by atoms with van der Waals surface area (Å²) >= 11 is 0. The molecule has 0 spiro atoms. The molecule has 0 aliphatic rings. The van der Waals surface area contributed by atoms with Crippen LogP contribution in [0.5, 0.6) is 0 Å². The molecule has 0 radical (unpaired) electrons. The molecule has 0 saturated heterocycles. The zero-order chi connectivity index (χ0) is 14.5. The van der Waals surface area contributed by atoms with Crippen molar-refractivity contribution in [2.75, 3.05) is 6.61 Å². The molecule has 2 rings (SSSR count). The number of nitrogens with one attached hydrogen (secondary N) is 1. The van der Waals surface area contributed by atoms with Gasteiger partial charge in [-0.25, -0.2) is 4.68 Å². The fraction of sp³-hybridized carbons (Fsp3) is 0.467. The lowest BCUT2D eigenvalue weighted by Crippen LogP contribution is -2.19. The Labute approximate surface area is 119 Å². The topological polar surface area (TPSA) is 63.0 Å². The number of hydrogen-bond donors (Lipinski definition) is 2. The number of aliphatic hydroxyl groups is 1. The maximum atomic E-state index is 8.85. The molecule has 0 fully saturated rings. The molecule has 1 atom stereocenters. The molecule has 20 heavy (non-hydrogen) atoms. The Morgan fingerprint density at radius 3 is 2.90 bits per heavy atom. The van der Waals surface area contributed by atoms with Crippen molar-refractivity contribution in [3.63, 3.8) is 0 Å². The van der Waals surface area contributed by atoms with Crippen LogP contribution < -0.4 is 5.32 Å². The summed E-state index contributed by atoms with van der Waals surface area (Å²) in [5.74, 6) is 0. The van der Waals surface area contributed by atoms with E-state index in [1.807, 2.05) is 6.20 Å². The Kier molecular flexibility index (Phi) is 4.87. The monoisotopic (exact) mass is 274 g/mol. The van der Waals surface area contributed by atoms with Gasteiger partial charge >= 0.3 is 0 Å². The van der Waals surface area contributed by atoms with Crippen LogP contribution in [0.2, 0.25) is 0 Å². The first kappa shape index (κ1) is 14.7. The molecule has 1 aromatic heterocycles. The van der Waals surface area contributed by atoms with E-state index in [-0.39, 0.29) is 12.6 Å². The van der Waals surface area contributed by atoms with Crippen molar-refractivity contribution in [2.45, 2.75) is 39.9 Å². The van der Waals surface area contributed by atoms with Crippen LogP contribution >= 0.6 is 0 Å². The number of rotatable bonds is 6. The lowest BCUT2D eigenvalue weighted by atomic mass is 10.00. The summed E-state index contributed by atoms with van der Waals surface area (Å²) in [6.45, 7) is 7.62. The predicted octanol–water partition coefficient (Wildman–Crippen LogP) is 1.74. The van der Waals surface area contributed by atoms with Crippen LogP contribution in [0.4, 0.5) is 0 Å². The molecule has 5 nitrogen and oxygen atoms in total. The minimum Gasteiger partial charge on any atom is -0.394 e. The van der Waals surface area contributed by atoms with Crippen LogP contribution in [0, 0.1) is 13.8 Å². The highest BCUT2D eigenvalue weighted by atomic mass is 16.3. The molecule has 1 aromatic carbocycles. The summed E-state index contributed by atoms with van der Waals surface area (Å²) < 4.78 is 1.65. The average Bonchev–Trinajstić information content (AvgIpc) is 2.87. The average molecular weight is 274 g/mol. The number of aryl methyl sites for hydroxylation is 2. The molecule has 2 N–H and O–H groups in total. The van der Waals surface area contributed by atoms with Gasteiger partial charge in [0.05, 0.1) is 18.8 Å². The van der Waals surface area contributed by atoms with E-state index in [1.54, 1.807) is 4.68 Å². The van der Waals surface area contributed by atoms with Crippen LogP contribution in [-0.4, -0.2) is 26.7 Å². The molecule has 1 unspecified atom stereocenters. The van der Waals surface area contributed by atoms with Gasteiger partial charge in [0.1, 0.15) is 0 Å². The summed E-state index contributed by atoms with van der Waals surface area (Å²) in [6.07, 6.45) is 1.86. The van der Waals surface area contributed by atoms with Crippen molar-refractivity contribution >= 4 is 0 Å². The van der Waals surface area contributed by atoms with Crippen LogP contribution in [0.25, 0.3) is 0 Å². The molecule has 1 heterocycles. The van der Waals surface area contributed by atoms with Crippen LogP contribution in [-0.2, 0) is 13.1 Å². The lowest BCUT2D eigenvalue weighted by molar-refractivity contribution is 0.268. The van der Waals surface area contributed by atoms with Gasteiger partial charge in [0.2, 0.25) is 0 Å². The van der Waals surface area contributed by atoms with E-state index in [9.17, 15) is 0 Å². The van der Waals surface area contributed by atoms with Gasteiger partial charge in [0.25, 0.3) is 0 Å². The largest absolute Gasteiger partial charge is 0.394 e. The first-order valence-electron chi connectivity index (χ1n) is 6.90. The van der Waals surface area contributed by atoms with Gasteiger partial charge in [0, 0.05) is 18.8 Å². The van der Waals surface area contributed by atoms with Crippen LogP contribution in [0.3, 0.4) is 0 Å². The second-order valence-electron chi connectivity index (χ2n) is 5.16. The Morgan fingerprint density at radius 1 is 1.35 bits per heavy atom. The number of nitrogens with zero attached hydrogens (tertiary/aromatic N) is 3. The van der Waals surface area contributed by atoms with Gasteiger partial charge in [-0.1, -0.05) is 29.0 Å². The minimum atomic E-state index is 0.0785. The quantitative estimate of drug-likeness (QED) is 0.842. The molecule has 0 bridgehead atoms. The standard InChI is InChI=1S/C15H22N4O/c1-11-4-5-12(2)15(8-11)13(3)16-9-14-10-19(6-7-20)18-17-14/h4-5,8,10,13,16,20H,6-7,9H2,1-3H3. The summed E-state index contributed by atoms with van der Waals surface area (Å²) in [5, 5.41) is 20.3. The summed E-state index contributed by atoms with van der Waals surface area (Å²) in [6, 6.07) is 6.76. The Morgan fingerprint density at radius 2 is 2.15 bits per heavy atom. The normalized spacial score (nSPS) is 12.6. The van der Waals surface area contributed by atoms with Gasteiger partial charge in [0.15, 0.2) is 0 Å². The zero-order valence-electron chi connectivity index (χ0n) is 12.3. The summed E-state index contributed by atoms with van der Waals surface area (Å²) in [7, 11) is 0. The van der Waals surface area contributed by atoms with E-state index >= 15 is 0 Å². The van der Waals surface area contributed by atoms with E-state index in [2.05, 4.69) is 54.6 Å². The third-order valence-corrected chi connectivity index (χ3v) is 3.41. The van der Waals surface area contributed by atoms with Gasteiger partial charge < -0.3 is 10.4 Å². The Hall–Kier alpha value is -1.72. The smallest absolute Gasteiger partial charge is 0.0965 e. The molecule has 0 saturated carbocycles. The van der Waals surface area contributed by atoms with Gasteiger partial charge in [-0.2, -0.15) is 0 Å². The fourth-order valence-electron chi connectivity index (χ4n) is 2.23. The van der Waals surface area contributed by atoms with Crippen molar-refractivity contribution in [2.24, 2.45) is 0 Å². The Balaban J connectivity index is 1.97. The molecule has 0 amide bonds. The molecule has 0 aliphatic heterocycles. The second kappa shape index (κ2) is 6.63. The van der Waals surface area contributed by atoms with E-state index in [0.717, 1.165) is 5.69 Å². The maximum Gasteiger partial charge on any atom is 0.0965 e. The van der Waals surface area contributed by atoms with Crippen molar-refractivity contribution in [3.8, 4) is 0 Å². The van der Waals surface area contributed by atoms with Crippen molar-refractivity contribution < 1.29 is 5.11 Å². The van der Waals surface area contributed by atoms with Crippen LogP contribution in [0.15, 0.2) is 24.4 Å². The highest BCUT2D eigenvalue weighted by Gasteiger charge is 2.09. The van der Waals surface area contributed by atoms with E-state index < -0.39 is 0 Å². The summed E-state index contributed by atoms with van der Waals surface area (Å²) in [4.78, 5) is 0. The number of benzene rings is 1. The fourth-order valence-corrected chi connectivity index (χ4v) is 2.23. The maximum absolute atomic E-state index is 8.85. The second-order valence-corrected chi connectivity index (χ2v) is 5.16. The zero-order valence-corrected chi connectivity index (χ0v) is 12.3. The highest BCUT2D eigenvalue weighted by molar-refractivity contribution is 5.32. The molecule has 5 heteroatoms. The molecule has 2 aromatic rings. The molecule has 108 valence electrons. The highest BCUT2D eigenvalue weighted by Crippen LogP contribution is 2.19. The lowest BCUT2D eigenvalue weighted by Gasteiger charge is -2.16. The number of aromatic nitrogens is 3. The molecular formula is C15H22N4O. The predicted molar refractivity (Wildman–Crippen MR) is 78.3 cm³/mol. The molecular weight excluding hydrogens is 252 g/mol. The van der Waals surface area contributed by atoms with Gasteiger partial charge in [-0.05, 0) is 31.9 Å². The van der Waals surface area contributed by atoms with Crippen molar-refractivity contribution in [3.05, 3.63) is 46.8 Å². The van der Waals surface area contributed by atoms with E-state index in [4.69, 9.17) is 5.11 Å². The van der Waals surface area contributed by atoms with E-state index in [0.29, 0.717) is 13.1 Å². The van der Waals surface area contributed by atoms with Crippen molar-refractivity contribution in [1.82, 2.24) is 20.3 Å². The number of aliphatic hydroxyl groups excluding tert-OH is 1. The number of hydrogen-bond acceptors (Lipinski definition) is 4. The first-order chi connectivity index (χ1) is 9.60. The minimum absolute atomic E-state index is 0.0785. The van der Waals surface area contributed by atoms with Crippen LogP contribution in [0.1, 0.15) is 35.3 Å². The SMILES string of the molecule is Cc1ccc(C)c(C(C)NCc2cn(CCO)nn2)c1. The van der Waals surface area contributed by atoms with Gasteiger partial charge in [-0.15, -0.1) is 5.10 Å². The van der Waals surface area contributed by atoms with Crippen molar-refractivity contribution in [1.29, 1.82) is 0 Å². The third-order valence-electron chi connectivity index (χ3n) is 3.41.